The fourth-order valence-electron chi connectivity index (χ4n) is 10.1. The molecule has 4 aliphatic heterocycles. The Morgan fingerprint density at radius 2 is 1.39 bits per heavy atom. The summed E-state index contributed by atoms with van der Waals surface area (Å²) < 4.78 is 140. The van der Waals surface area contributed by atoms with Gasteiger partial charge >= 0.3 is 24.5 Å². The van der Waals surface area contributed by atoms with Crippen LogP contribution in [0.5, 0.6) is 0 Å². The summed E-state index contributed by atoms with van der Waals surface area (Å²) in [7, 11) is 1.87. The number of piperazine rings is 1. The number of pyridine rings is 1. The molecule has 1 aromatic heterocycles. The average molecular weight is 1120 g/mol. The summed E-state index contributed by atoms with van der Waals surface area (Å²) in [6.07, 6.45) is -13.6. The molecule has 0 unspecified atom stereocenters. The summed E-state index contributed by atoms with van der Waals surface area (Å²) in [5.74, 6) is 1.20. The molecular weight excluding hydrogens is 1060 g/mol. The number of aliphatic hydroxyl groups is 1. The molecule has 79 heavy (non-hydrogen) atoms. The molecular formula is C54H66F8N8O9. The van der Waals surface area contributed by atoms with Crippen LogP contribution >= 0.6 is 0 Å². The monoisotopic (exact) mass is 1120 g/mol. The van der Waals surface area contributed by atoms with E-state index < -0.39 is 108 Å². The molecule has 0 spiro atoms. The van der Waals surface area contributed by atoms with Gasteiger partial charge in [0.2, 0.25) is 5.91 Å². The fourth-order valence-corrected chi connectivity index (χ4v) is 10.1. The number of nitrogens with one attached hydrogen (secondary N) is 4. The van der Waals surface area contributed by atoms with Crippen molar-refractivity contribution in [1.82, 2.24) is 36.3 Å². The number of anilines is 1. The first-order valence-electron chi connectivity index (χ1n) is 25.8. The number of aliphatic hydroxyl groups excluding tert-OH is 1. The van der Waals surface area contributed by atoms with E-state index in [-0.39, 0.29) is 11.5 Å². The largest absolute Gasteiger partial charge is 0.453 e. The van der Waals surface area contributed by atoms with Crippen LogP contribution in [0.25, 0.3) is 0 Å². The van der Waals surface area contributed by atoms with E-state index in [4.69, 9.17) is 19.2 Å². The number of hydrogen-bond acceptors (Lipinski definition) is 13. The number of methoxy groups -OCH3 is 1. The van der Waals surface area contributed by atoms with E-state index in [0.717, 1.165) is 71.3 Å². The van der Waals surface area contributed by atoms with Crippen LogP contribution in [0, 0.1) is 34.3 Å². The molecule has 17 nitrogen and oxygen atoms in total. The number of hydrazine groups is 1. The second-order valence-corrected chi connectivity index (χ2v) is 21.4. The van der Waals surface area contributed by atoms with E-state index in [1.54, 1.807) is 18.3 Å². The van der Waals surface area contributed by atoms with E-state index in [2.05, 4.69) is 37.1 Å². The number of amides is 4. The van der Waals surface area contributed by atoms with Gasteiger partial charge in [-0.1, -0.05) is 24.0 Å². The van der Waals surface area contributed by atoms with Gasteiger partial charge < -0.3 is 44.9 Å². The van der Waals surface area contributed by atoms with Crippen LogP contribution in [0.15, 0.2) is 54.7 Å². The molecule has 4 saturated heterocycles. The Balaban J connectivity index is 1.17. The second kappa shape index (κ2) is 25.0. The predicted molar refractivity (Wildman–Crippen MR) is 270 cm³/mol. The van der Waals surface area contributed by atoms with E-state index >= 15 is 8.78 Å². The van der Waals surface area contributed by atoms with Gasteiger partial charge in [0.1, 0.15) is 28.9 Å². The van der Waals surface area contributed by atoms with Crippen LogP contribution in [0.2, 0.25) is 0 Å². The molecule has 0 saturated carbocycles. The van der Waals surface area contributed by atoms with Crippen molar-refractivity contribution in [1.29, 1.82) is 0 Å². The zero-order chi connectivity index (χ0) is 57.6. The van der Waals surface area contributed by atoms with Crippen molar-refractivity contribution in [3.05, 3.63) is 94.2 Å². The summed E-state index contributed by atoms with van der Waals surface area (Å²) >= 11 is 0. The average Bonchev–Trinajstić information content (AvgIpc) is 3.81. The second-order valence-electron chi connectivity index (χ2n) is 21.4. The molecule has 5 heterocycles. The minimum Gasteiger partial charge on any atom is -0.453 e. The van der Waals surface area contributed by atoms with Crippen LogP contribution in [0.3, 0.4) is 0 Å². The molecule has 432 valence electrons. The van der Waals surface area contributed by atoms with Crippen molar-refractivity contribution < 1.29 is 78.4 Å². The number of fused-ring (bicyclic) bond motifs is 2. The highest BCUT2D eigenvalue weighted by Gasteiger charge is 2.58. The van der Waals surface area contributed by atoms with Crippen LogP contribution in [-0.4, -0.2) is 159 Å². The van der Waals surface area contributed by atoms with Gasteiger partial charge in [-0.15, -0.1) is 0 Å². The zero-order valence-electron chi connectivity index (χ0n) is 44.5. The summed E-state index contributed by atoms with van der Waals surface area (Å²) in [4.78, 5) is 62.5. The Morgan fingerprint density at radius 1 is 0.797 bits per heavy atom. The molecule has 7 rings (SSSR count). The molecule has 4 amide bonds. The third kappa shape index (κ3) is 14.4. The van der Waals surface area contributed by atoms with Gasteiger partial charge in [0.25, 0.3) is 5.91 Å². The Hall–Kier alpha value is -6.33. The highest BCUT2D eigenvalue weighted by molar-refractivity contribution is 5.87. The topological polar surface area (TPSA) is 196 Å². The van der Waals surface area contributed by atoms with Gasteiger partial charge in [-0.3, -0.25) is 19.9 Å². The quantitative estimate of drug-likeness (QED) is 0.0545. The molecule has 2 bridgehead atoms. The summed E-state index contributed by atoms with van der Waals surface area (Å²) in [6.45, 7) is 4.26. The van der Waals surface area contributed by atoms with Crippen molar-refractivity contribution in [2.45, 2.75) is 127 Å². The molecule has 2 aromatic carbocycles. The smallest absolute Gasteiger partial charge is 0.407 e. The molecule has 3 aromatic rings. The molecule has 0 aliphatic carbocycles. The fraction of sp³-hybridized carbons (Fsp3) is 0.574. The van der Waals surface area contributed by atoms with Crippen molar-refractivity contribution in [3.8, 4) is 11.8 Å². The zero-order valence-corrected chi connectivity index (χ0v) is 44.5. The van der Waals surface area contributed by atoms with Crippen molar-refractivity contribution >= 4 is 29.8 Å². The van der Waals surface area contributed by atoms with Crippen molar-refractivity contribution in [2.75, 3.05) is 65.1 Å². The molecule has 4 fully saturated rings. The number of alkyl carbamates (subject to hydrolysis) is 2. The van der Waals surface area contributed by atoms with Crippen molar-refractivity contribution in [2.24, 2.45) is 10.8 Å². The summed E-state index contributed by atoms with van der Waals surface area (Å²) in [5.41, 5.74) is -3.03. The van der Waals surface area contributed by atoms with Gasteiger partial charge in [-0.05, 0) is 113 Å². The number of carbonyl (C=O) groups excluding carboxylic acids is 4. The Labute approximate surface area is 452 Å². The standard InChI is InChI=1S/C54H66F8N8O9/c1-51(2,53(57,58)59)45(66-50(75)76-6)47(72)65-42(21-32-10-7-31(8-11-32)9-12-33-13-16-44(64-24-33)68-25-36-14-15-37(26-68)70(36)38-29-78-30-38)43(71)28-69(67-48(73)46(79-49(74)63-5)52(3,4)54(60,61)62)27-39-40(55)22-35(23-41(39)56)34-17-19-77-20-18-34/h7-8,10-11,13,16,22-24,34,36-38,42-43,45-46,71H,14-15,17-21,25-30H2,1-6H3,(H,63,74)(H,65,72)(H,66,75)(H,67,73)/t36-,37-,42-,43-,45+,46+/m0/s1. The molecule has 4 aliphatic rings. The maximum Gasteiger partial charge on any atom is 0.407 e. The lowest BCUT2D eigenvalue weighted by Gasteiger charge is -2.47. The number of benzene rings is 2. The van der Waals surface area contributed by atoms with Gasteiger partial charge in [0.15, 0.2) is 6.10 Å². The maximum atomic E-state index is 16.1. The van der Waals surface area contributed by atoms with Gasteiger partial charge in [0, 0.05) is 81.4 Å². The first-order chi connectivity index (χ1) is 37.2. The van der Waals surface area contributed by atoms with Crippen LogP contribution < -0.4 is 26.3 Å². The highest BCUT2D eigenvalue weighted by Crippen LogP contribution is 2.43. The molecule has 5 N–H and O–H groups in total. The normalized spacial score (nSPS) is 20.0. The third-order valence-electron chi connectivity index (χ3n) is 15.3. The van der Waals surface area contributed by atoms with Crippen LogP contribution in [0.4, 0.5) is 50.5 Å². The molecule has 0 radical (unpaired) electrons. The minimum absolute atomic E-state index is 0.276. The van der Waals surface area contributed by atoms with Gasteiger partial charge in [-0.2, -0.15) is 26.3 Å². The number of nitrogens with zero attached hydrogens (tertiary/aromatic N) is 4. The number of halogens is 8. The number of rotatable bonds is 18. The maximum absolute atomic E-state index is 16.1. The van der Waals surface area contributed by atoms with E-state index in [1.807, 2.05) is 22.8 Å². The number of ether oxygens (including phenoxy) is 4. The van der Waals surface area contributed by atoms with E-state index in [9.17, 15) is 50.6 Å². The van der Waals surface area contributed by atoms with E-state index in [0.29, 0.717) is 93.6 Å². The lowest BCUT2D eigenvalue weighted by atomic mass is 9.82. The lowest BCUT2D eigenvalue weighted by Crippen LogP contribution is -2.62. The number of aromatic nitrogens is 1. The minimum atomic E-state index is -5.20. The van der Waals surface area contributed by atoms with Gasteiger partial charge in [-0.25, -0.2) is 28.4 Å². The highest BCUT2D eigenvalue weighted by atomic mass is 19.4. The Morgan fingerprint density at radius 3 is 1.92 bits per heavy atom. The summed E-state index contributed by atoms with van der Waals surface area (Å²) in [5, 5.41) is 18.9. The molecule has 25 heteroatoms. The summed E-state index contributed by atoms with van der Waals surface area (Å²) in [6, 6.07) is 9.35. The van der Waals surface area contributed by atoms with Crippen LogP contribution in [0.1, 0.15) is 87.1 Å². The Bertz CT molecular complexity index is 2660. The van der Waals surface area contributed by atoms with Crippen LogP contribution in [-0.2, 0) is 41.5 Å². The number of alkyl halides is 6. The first-order valence-corrected chi connectivity index (χ1v) is 25.8. The predicted octanol–water partition coefficient (Wildman–Crippen LogP) is 6.25. The molecule has 6 atom stereocenters. The third-order valence-corrected chi connectivity index (χ3v) is 15.3. The lowest BCUT2D eigenvalue weighted by molar-refractivity contribution is -0.239. The van der Waals surface area contributed by atoms with Gasteiger partial charge in [0.05, 0.1) is 43.9 Å². The SMILES string of the molecule is CNC(=O)O[C@H](C(=O)NN(Cc1c(F)cc(C2CCOCC2)cc1F)C[C@H](O)[C@H](Cc1ccc(C#Cc2ccc(N3C[C@@H]4CC[C@@H](C3)N4C3COC3)nc2)cc1)NC(=O)[C@@H](NC(=O)OC)C(C)(C)C(F)(F)F)C(C)(C)C(F)(F)F. The van der Waals surface area contributed by atoms with Crippen molar-refractivity contribution in [3.63, 3.8) is 0 Å². The first kappa shape index (κ1) is 60.3. The number of hydrogen-bond donors (Lipinski definition) is 5. The Kier molecular flexibility index (Phi) is 19.1. The number of carbonyl (C=O) groups is 4. The van der Waals surface area contributed by atoms with E-state index in [1.165, 1.54) is 12.1 Å².